The Kier molecular flexibility index (Phi) is 6.92. The average molecular weight is 291 g/mol. The zero-order valence-corrected chi connectivity index (χ0v) is 13.1. The molecule has 0 radical (unpaired) electrons. The molecule has 21 heavy (non-hydrogen) atoms. The summed E-state index contributed by atoms with van der Waals surface area (Å²) in [4.78, 5) is 25.6. The number of carboxylic acids is 1. The summed E-state index contributed by atoms with van der Waals surface area (Å²) < 4.78 is 0. The zero-order chi connectivity index (χ0) is 15.8. The van der Waals surface area contributed by atoms with E-state index in [9.17, 15) is 14.7 Å². The SMILES string of the molecule is CCCCN(C(=O)Cc1ccccc1C(=O)O)C(C)CC. The quantitative estimate of drug-likeness (QED) is 0.799. The summed E-state index contributed by atoms with van der Waals surface area (Å²) in [5.41, 5.74) is 0.797. The third-order valence-electron chi connectivity index (χ3n) is 3.79. The molecule has 4 heteroatoms. The Morgan fingerprint density at radius 2 is 1.90 bits per heavy atom. The van der Waals surface area contributed by atoms with Crippen LogP contribution >= 0.6 is 0 Å². The third kappa shape index (κ3) is 4.88. The fourth-order valence-electron chi connectivity index (χ4n) is 2.29. The molecule has 4 nitrogen and oxygen atoms in total. The molecular weight excluding hydrogens is 266 g/mol. The second-order valence-electron chi connectivity index (χ2n) is 5.34. The Balaban J connectivity index is 2.88. The summed E-state index contributed by atoms with van der Waals surface area (Å²) in [5.74, 6) is -0.978. The first kappa shape index (κ1) is 17.2. The lowest BCUT2D eigenvalue weighted by Crippen LogP contribution is -2.40. The molecular formula is C17H25NO3. The molecule has 0 saturated carbocycles. The van der Waals surface area contributed by atoms with Gasteiger partial charge in [0.1, 0.15) is 0 Å². The Hall–Kier alpha value is -1.84. The highest BCUT2D eigenvalue weighted by Gasteiger charge is 2.20. The van der Waals surface area contributed by atoms with Gasteiger partial charge in [-0.15, -0.1) is 0 Å². The van der Waals surface area contributed by atoms with Crippen molar-refractivity contribution in [2.45, 2.75) is 52.5 Å². The number of hydrogen-bond donors (Lipinski definition) is 1. The number of unbranched alkanes of at least 4 members (excludes halogenated alkanes) is 1. The van der Waals surface area contributed by atoms with Crippen molar-refractivity contribution in [3.63, 3.8) is 0 Å². The highest BCUT2D eigenvalue weighted by atomic mass is 16.4. The first-order valence-corrected chi connectivity index (χ1v) is 7.61. The van der Waals surface area contributed by atoms with Gasteiger partial charge in [0.2, 0.25) is 5.91 Å². The van der Waals surface area contributed by atoms with Crippen LogP contribution in [-0.2, 0) is 11.2 Å². The highest BCUT2D eigenvalue weighted by Crippen LogP contribution is 2.14. The molecule has 0 aliphatic heterocycles. The minimum absolute atomic E-state index is 0.00602. The number of nitrogens with zero attached hydrogens (tertiary/aromatic N) is 1. The van der Waals surface area contributed by atoms with Crippen LogP contribution in [0.2, 0.25) is 0 Å². The largest absolute Gasteiger partial charge is 0.478 e. The molecule has 1 rings (SSSR count). The van der Waals surface area contributed by atoms with Crippen molar-refractivity contribution >= 4 is 11.9 Å². The maximum absolute atomic E-state index is 12.5. The molecule has 0 saturated heterocycles. The number of amides is 1. The van der Waals surface area contributed by atoms with Crippen LogP contribution in [0.3, 0.4) is 0 Å². The van der Waals surface area contributed by atoms with Crippen LogP contribution in [-0.4, -0.2) is 34.5 Å². The van der Waals surface area contributed by atoms with Crippen LogP contribution < -0.4 is 0 Å². The minimum atomic E-state index is -0.984. The molecule has 0 fully saturated rings. The van der Waals surface area contributed by atoms with Gasteiger partial charge in [-0.2, -0.15) is 0 Å². The second-order valence-corrected chi connectivity index (χ2v) is 5.34. The molecule has 0 aliphatic rings. The number of benzene rings is 1. The van der Waals surface area contributed by atoms with Gasteiger partial charge in [-0.05, 0) is 31.4 Å². The average Bonchev–Trinajstić information content (AvgIpc) is 2.47. The predicted molar refractivity (Wildman–Crippen MR) is 83.5 cm³/mol. The molecule has 1 atom stereocenters. The van der Waals surface area contributed by atoms with Gasteiger partial charge in [-0.1, -0.05) is 38.5 Å². The predicted octanol–water partition coefficient (Wildman–Crippen LogP) is 3.35. The van der Waals surface area contributed by atoms with Gasteiger partial charge in [0.15, 0.2) is 0 Å². The fourth-order valence-corrected chi connectivity index (χ4v) is 2.29. The van der Waals surface area contributed by atoms with Crippen molar-refractivity contribution < 1.29 is 14.7 Å². The van der Waals surface area contributed by atoms with E-state index >= 15 is 0 Å². The summed E-state index contributed by atoms with van der Waals surface area (Å²) in [6.45, 7) is 6.93. The van der Waals surface area contributed by atoms with Crippen LogP contribution in [0, 0.1) is 0 Å². The van der Waals surface area contributed by atoms with E-state index in [0.717, 1.165) is 25.8 Å². The topological polar surface area (TPSA) is 57.6 Å². The summed E-state index contributed by atoms with van der Waals surface area (Å²) in [7, 11) is 0. The van der Waals surface area contributed by atoms with Crippen LogP contribution in [0.15, 0.2) is 24.3 Å². The van der Waals surface area contributed by atoms with Crippen molar-refractivity contribution in [2.75, 3.05) is 6.54 Å². The van der Waals surface area contributed by atoms with Crippen LogP contribution in [0.4, 0.5) is 0 Å². The normalized spacial score (nSPS) is 12.0. The molecule has 0 heterocycles. The maximum Gasteiger partial charge on any atom is 0.335 e. The molecule has 1 aromatic rings. The Labute approximate surface area is 126 Å². The van der Waals surface area contributed by atoms with Crippen molar-refractivity contribution in [1.82, 2.24) is 4.90 Å². The van der Waals surface area contributed by atoms with Gasteiger partial charge < -0.3 is 10.0 Å². The highest BCUT2D eigenvalue weighted by molar-refractivity contribution is 5.91. The molecule has 0 spiro atoms. The number of hydrogen-bond acceptors (Lipinski definition) is 2. The fraction of sp³-hybridized carbons (Fsp3) is 0.529. The van der Waals surface area contributed by atoms with E-state index in [1.165, 1.54) is 0 Å². The second kappa shape index (κ2) is 8.45. The van der Waals surface area contributed by atoms with E-state index < -0.39 is 5.97 Å². The van der Waals surface area contributed by atoms with Gasteiger partial charge in [0.05, 0.1) is 12.0 Å². The van der Waals surface area contributed by atoms with Gasteiger partial charge in [0.25, 0.3) is 0 Å². The first-order chi connectivity index (χ1) is 10.0. The van der Waals surface area contributed by atoms with E-state index in [1.54, 1.807) is 24.3 Å². The van der Waals surface area contributed by atoms with Crippen LogP contribution in [0.25, 0.3) is 0 Å². The lowest BCUT2D eigenvalue weighted by molar-refractivity contribution is -0.132. The molecule has 1 N–H and O–H groups in total. The maximum atomic E-state index is 12.5. The van der Waals surface area contributed by atoms with E-state index in [-0.39, 0.29) is 23.9 Å². The van der Waals surface area contributed by atoms with Crippen LogP contribution in [0.1, 0.15) is 56.0 Å². The standard InChI is InChI=1S/C17H25NO3/c1-4-6-11-18(13(3)5-2)16(19)12-14-9-7-8-10-15(14)17(20)21/h7-10,13H,4-6,11-12H2,1-3H3,(H,20,21). The zero-order valence-electron chi connectivity index (χ0n) is 13.1. The number of carboxylic acid groups (broad SMARTS) is 1. The number of carbonyl (C=O) groups excluding carboxylic acids is 1. The minimum Gasteiger partial charge on any atom is -0.478 e. The van der Waals surface area contributed by atoms with Gasteiger partial charge >= 0.3 is 5.97 Å². The van der Waals surface area contributed by atoms with E-state index in [0.29, 0.717) is 5.56 Å². The third-order valence-corrected chi connectivity index (χ3v) is 3.79. The molecule has 0 aromatic heterocycles. The van der Waals surface area contributed by atoms with E-state index in [2.05, 4.69) is 13.8 Å². The number of rotatable bonds is 8. The van der Waals surface area contributed by atoms with E-state index in [1.807, 2.05) is 11.8 Å². The number of aromatic carboxylic acids is 1. The molecule has 116 valence electrons. The van der Waals surface area contributed by atoms with Gasteiger partial charge in [-0.25, -0.2) is 4.79 Å². The van der Waals surface area contributed by atoms with Crippen molar-refractivity contribution in [1.29, 1.82) is 0 Å². The summed E-state index contributed by atoms with van der Waals surface area (Å²) in [6, 6.07) is 6.90. The molecule has 1 amide bonds. The van der Waals surface area contributed by atoms with Gasteiger partial charge in [0, 0.05) is 12.6 Å². The van der Waals surface area contributed by atoms with Crippen molar-refractivity contribution in [3.05, 3.63) is 35.4 Å². The van der Waals surface area contributed by atoms with Crippen molar-refractivity contribution in [3.8, 4) is 0 Å². The monoisotopic (exact) mass is 291 g/mol. The van der Waals surface area contributed by atoms with E-state index in [4.69, 9.17) is 0 Å². The summed E-state index contributed by atoms with van der Waals surface area (Å²) >= 11 is 0. The Morgan fingerprint density at radius 3 is 2.48 bits per heavy atom. The number of carbonyl (C=O) groups is 2. The van der Waals surface area contributed by atoms with Gasteiger partial charge in [-0.3, -0.25) is 4.79 Å². The Bertz CT molecular complexity index is 485. The lowest BCUT2D eigenvalue weighted by Gasteiger charge is -2.29. The molecule has 0 aliphatic carbocycles. The lowest BCUT2D eigenvalue weighted by atomic mass is 10.0. The Morgan fingerprint density at radius 1 is 1.24 bits per heavy atom. The molecule has 1 aromatic carbocycles. The smallest absolute Gasteiger partial charge is 0.335 e. The molecule has 1 unspecified atom stereocenters. The first-order valence-electron chi connectivity index (χ1n) is 7.61. The summed E-state index contributed by atoms with van der Waals surface area (Å²) in [5, 5.41) is 9.19. The van der Waals surface area contributed by atoms with Crippen molar-refractivity contribution in [2.24, 2.45) is 0 Å². The molecule has 0 bridgehead atoms. The van der Waals surface area contributed by atoms with Crippen LogP contribution in [0.5, 0.6) is 0 Å². The summed E-state index contributed by atoms with van der Waals surface area (Å²) in [6.07, 6.45) is 3.05.